The smallest absolute Gasteiger partial charge is 0.267 e. The van der Waals surface area contributed by atoms with Gasteiger partial charge in [0.2, 0.25) is 0 Å². The van der Waals surface area contributed by atoms with Crippen LogP contribution >= 0.6 is 0 Å². The number of hydrogen-bond acceptors (Lipinski definition) is 9. The Morgan fingerprint density at radius 3 is 2.67 bits per heavy atom. The van der Waals surface area contributed by atoms with Crippen LogP contribution in [0.3, 0.4) is 0 Å². The van der Waals surface area contributed by atoms with Crippen molar-refractivity contribution in [1.29, 1.82) is 0 Å². The summed E-state index contributed by atoms with van der Waals surface area (Å²) in [6.45, 7) is 1.54. The molecule has 0 fully saturated rings. The first-order valence-corrected chi connectivity index (χ1v) is 13.2. The molecule has 43 heavy (non-hydrogen) atoms. The van der Waals surface area contributed by atoms with E-state index in [1.807, 2.05) is 6.07 Å². The largest absolute Gasteiger partial charge is 0.381 e. The van der Waals surface area contributed by atoms with Gasteiger partial charge >= 0.3 is 0 Å². The normalized spacial score (nSPS) is 11.7. The zero-order valence-corrected chi connectivity index (χ0v) is 22.8. The topological polar surface area (TPSA) is 181 Å². The van der Waals surface area contributed by atoms with Crippen molar-refractivity contribution in [2.24, 2.45) is 5.73 Å². The Bertz CT molecular complexity index is 2150. The molecule has 4 aromatic heterocycles. The molecule has 6 rings (SSSR count). The summed E-state index contributed by atoms with van der Waals surface area (Å²) < 4.78 is 4.00. The van der Waals surface area contributed by atoms with Crippen molar-refractivity contribution in [3.8, 4) is 17.5 Å². The van der Waals surface area contributed by atoms with E-state index in [0.717, 1.165) is 4.68 Å². The molecule has 0 aliphatic heterocycles. The van der Waals surface area contributed by atoms with E-state index < -0.39 is 11.9 Å². The Morgan fingerprint density at radius 2 is 1.88 bits per heavy atom. The van der Waals surface area contributed by atoms with Crippen molar-refractivity contribution in [2.75, 3.05) is 12.3 Å². The SMILES string of the molecule is CC(NC(=O)c1c(N)nn2cccnc12)c1nc2cccc(C#Cc3cnn(C(=O)CN)c3)c2c(=O)n1-c1ccccc1. The van der Waals surface area contributed by atoms with E-state index in [4.69, 9.17) is 16.5 Å². The molecular formula is C30H24N10O3. The van der Waals surface area contributed by atoms with E-state index >= 15 is 0 Å². The Morgan fingerprint density at radius 1 is 1.07 bits per heavy atom. The number of nitrogens with zero attached hydrogens (tertiary/aromatic N) is 7. The molecule has 1 unspecified atom stereocenters. The second-order valence-electron chi connectivity index (χ2n) is 9.51. The lowest BCUT2D eigenvalue weighted by Gasteiger charge is -2.20. The van der Waals surface area contributed by atoms with Gasteiger partial charge in [-0.15, -0.1) is 5.10 Å². The monoisotopic (exact) mass is 572 g/mol. The minimum atomic E-state index is -0.733. The highest BCUT2D eigenvalue weighted by molar-refractivity contribution is 6.04. The number of anilines is 1. The van der Waals surface area contributed by atoms with Crippen molar-refractivity contribution in [3.05, 3.63) is 112 Å². The van der Waals surface area contributed by atoms with Crippen LogP contribution in [0.4, 0.5) is 5.82 Å². The molecule has 0 aliphatic rings. The van der Waals surface area contributed by atoms with Crippen LogP contribution < -0.4 is 22.3 Å². The van der Waals surface area contributed by atoms with Gasteiger partial charge in [-0.2, -0.15) is 5.10 Å². The molecule has 6 aromatic rings. The second kappa shape index (κ2) is 11.0. The van der Waals surface area contributed by atoms with Crippen LogP contribution in [-0.2, 0) is 0 Å². The van der Waals surface area contributed by atoms with Gasteiger partial charge in [-0.3, -0.25) is 19.0 Å². The first-order chi connectivity index (χ1) is 20.9. The molecule has 4 heterocycles. The summed E-state index contributed by atoms with van der Waals surface area (Å²) in [5, 5.41) is 11.3. The van der Waals surface area contributed by atoms with Crippen LogP contribution in [0.1, 0.15) is 45.1 Å². The molecule has 0 bridgehead atoms. The van der Waals surface area contributed by atoms with E-state index in [1.165, 1.54) is 21.5 Å². The number of fused-ring (bicyclic) bond motifs is 2. The third-order valence-electron chi connectivity index (χ3n) is 6.68. The molecule has 5 N–H and O–H groups in total. The maximum absolute atomic E-state index is 14.2. The van der Waals surface area contributed by atoms with E-state index in [2.05, 4.69) is 32.3 Å². The Kier molecular flexibility index (Phi) is 6.94. The van der Waals surface area contributed by atoms with Gasteiger partial charge in [0, 0.05) is 24.2 Å². The maximum atomic E-state index is 14.2. The highest BCUT2D eigenvalue weighted by Gasteiger charge is 2.24. The van der Waals surface area contributed by atoms with E-state index in [9.17, 15) is 14.4 Å². The molecule has 0 radical (unpaired) electrons. The number of nitrogens with two attached hydrogens (primary N) is 2. The van der Waals surface area contributed by atoms with Crippen LogP contribution in [0, 0.1) is 11.8 Å². The van der Waals surface area contributed by atoms with Gasteiger partial charge in [0.05, 0.1) is 40.9 Å². The predicted molar refractivity (Wildman–Crippen MR) is 159 cm³/mol. The molecule has 0 spiro atoms. The Balaban J connectivity index is 1.45. The number of amides is 1. The molecule has 13 heteroatoms. The lowest BCUT2D eigenvalue weighted by Crippen LogP contribution is -2.33. The van der Waals surface area contributed by atoms with Gasteiger partial charge < -0.3 is 16.8 Å². The molecular weight excluding hydrogens is 548 g/mol. The lowest BCUT2D eigenvalue weighted by molar-refractivity contribution is 0.0906. The van der Waals surface area contributed by atoms with Crippen LogP contribution in [0.5, 0.6) is 0 Å². The molecule has 0 aliphatic carbocycles. The fraction of sp³-hybridized carbons (Fsp3) is 0.100. The summed E-state index contributed by atoms with van der Waals surface area (Å²) in [5.41, 5.74) is 13.4. The van der Waals surface area contributed by atoms with Gasteiger partial charge in [-0.1, -0.05) is 36.1 Å². The first kappa shape index (κ1) is 27.1. The van der Waals surface area contributed by atoms with Crippen LogP contribution in [-0.4, -0.2) is 52.3 Å². The van der Waals surface area contributed by atoms with Gasteiger partial charge in [-0.05, 0) is 37.3 Å². The first-order valence-electron chi connectivity index (χ1n) is 13.2. The number of carbonyl (C=O) groups is 2. The number of rotatable bonds is 5. The molecule has 1 amide bonds. The number of carbonyl (C=O) groups excluding carboxylic acids is 2. The van der Waals surface area contributed by atoms with E-state index in [-0.39, 0.29) is 29.4 Å². The number of benzene rings is 2. The third-order valence-corrected chi connectivity index (χ3v) is 6.68. The van der Waals surface area contributed by atoms with Gasteiger partial charge in [-0.25, -0.2) is 19.2 Å². The standard InChI is InChI=1S/C30H24N10O3/c1-18(35-29(42)25-26(32)37-38-14-6-13-33-28(25)38)27-36-22-10-5-7-20(12-11-19-16-34-39(17-19)23(41)15-31)24(22)30(43)40(27)21-8-3-2-4-9-21/h2-10,13-14,16-18H,15,31H2,1H3,(H2,32,37)(H,35,42). The summed E-state index contributed by atoms with van der Waals surface area (Å²) in [7, 11) is 0. The van der Waals surface area contributed by atoms with E-state index in [0.29, 0.717) is 39.2 Å². The molecule has 13 nitrogen and oxygen atoms in total. The van der Waals surface area contributed by atoms with Crippen LogP contribution in [0.15, 0.2) is 84.2 Å². The lowest BCUT2D eigenvalue weighted by atomic mass is 10.1. The number of aromatic nitrogens is 7. The van der Waals surface area contributed by atoms with Crippen molar-refractivity contribution in [1.82, 2.24) is 39.2 Å². The zero-order chi connectivity index (χ0) is 30.1. The predicted octanol–water partition coefficient (Wildman–Crippen LogP) is 1.70. The summed E-state index contributed by atoms with van der Waals surface area (Å²) in [5.74, 6) is 5.41. The minimum absolute atomic E-state index is 0.0245. The van der Waals surface area contributed by atoms with Gasteiger partial charge in [0.1, 0.15) is 11.4 Å². The molecule has 2 aromatic carbocycles. The molecule has 1 atom stereocenters. The third kappa shape index (κ3) is 4.98. The summed E-state index contributed by atoms with van der Waals surface area (Å²) in [4.78, 5) is 48.5. The number of para-hydroxylation sites is 1. The van der Waals surface area contributed by atoms with Crippen molar-refractivity contribution < 1.29 is 9.59 Å². The molecule has 212 valence electrons. The summed E-state index contributed by atoms with van der Waals surface area (Å²) in [6.07, 6.45) is 6.10. The number of nitrogen functional groups attached to an aromatic ring is 1. The highest BCUT2D eigenvalue weighted by atomic mass is 16.2. The average Bonchev–Trinajstić information content (AvgIpc) is 3.63. The van der Waals surface area contributed by atoms with Crippen LogP contribution in [0.25, 0.3) is 22.2 Å². The number of hydrogen-bond donors (Lipinski definition) is 3. The summed E-state index contributed by atoms with van der Waals surface area (Å²) in [6, 6.07) is 15.1. The summed E-state index contributed by atoms with van der Waals surface area (Å²) >= 11 is 0. The Labute approximate surface area is 243 Å². The quantitative estimate of drug-likeness (QED) is 0.259. The fourth-order valence-electron chi connectivity index (χ4n) is 4.68. The maximum Gasteiger partial charge on any atom is 0.267 e. The van der Waals surface area contributed by atoms with Crippen LogP contribution in [0.2, 0.25) is 0 Å². The molecule has 0 saturated heterocycles. The second-order valence-corrected chi connectivity index (χ2v) is 9.51. The average molecular weight is 573 g/mol. The minimum Gasteiger partial charge on any atom is -0.381 e. The zero-order valence-electron chi connectivity index (χ0n) is 22.8. The Hall–Kier alpha value is -6.13. The van der Waals surface area contributed by atoms with Gasteiger partial charge in [0.25, 0.3) is 17.4 Å². The van der Waals surface area contributed by atoms with Crippen molar-refractivity contribution >= 4 is 34.2 Å². The van der Waals surface area contributed by atoms with Gasteiger partial charge in [0.15, 0.2) is 11.5 Å². The fourth-order valence-corrected chi connectivity index (χ4v) is 4.68. The molecule has 0 saturated carbocycles. The van der Waals surface area contributed by atoms with Crippen molar-refractivity contribution in [3.63, 3.8) is 0 Å². The number of nitrogens with one attached hydrogen (secondary N) is 1. The van der Waals surface area contributed by atoms with E-state index in [1.54, 1.807) is 67.8 Å². The highest BCUT2D eigenvalue weighted by Crippen LogP contribution is 2.22. The van der Waals surface area contributed by atoms with Crippen molar-refractivity contribution in [2.45, 2.75) is 13.0 Å².